The van der Waals surface area contributed by atoms with Gasteiger partial charge in [0.05, 0.1) is 36.8 Å². The number of aromatic nitrogens is 11. The molecule has 0 N–H and O–H groups in total. The van der Waals surface area contributed by atoms with Crippen molar-refractivity contribution in [3.8, 4) is 0 Å². The number of hydrogen-bond acceptors (Lipinski definition) is 14. The Morgan fingerprint density at radius 2 is 0.967 bits per heavy atom. The number of allylic oxidation sites excluding steroid dienone is 4. The van der Waals surface area contributed by atoms with Crippen LogP contribution in [0.1, 0.15) is 371 Å². The summed E-state index contributed by atoms with van der Waals surface area (Å²) in [6.07, 6.45) is 25.1. The van der Waals surface area contributed by atoms with Gasteiger partial charge in [-0.25, -0.2) is 24.6 Å². The third kappa shape index (κ3) is 42.1. The van der Waals surface area contributed by atoms with Crippen molar-refractivity contribution in [2.75, 3.05) is 13.6 Å². The Morgan fingerprint density at radius 3 is 1.38 bits per heavy atom. The molecule has 0 spiro atoms. The highest BCUT2D eigenvalue weighted by atomic mass is 16.5. The molecule has 0 amide bonds. The number of aryl methyl sites for hydroxylation is 11. The van der Waals surface area contributed by atoms with Crippen LogP contribution in [-0.4, -0.2) is 90.9 Å². The molecule has 670 valence electrons. The smallest absolute Gasteiger partial charge is 0.266 e. The number of ether oxygens (including phenoxy) is 1. The van der Waals surface area contributed by atoms with Crippen molar-refractivity contribution >= 4 is 5.71 Å². The summed E-state index contributed by atoms with van der Waals surface area (Å²) in [4.78, 5) is 54.1. The minimum absolute atomic E-state index is 0. The van der Waals surface area contributed by atoms with E-state index < -0.39 is 0 Å². The van der Waals surface area contributed by atoms with E-state index in [9.17, 15) is 9.59 Å². The second-order valence-electron chi connectivity index (χ2n) is 35.8. The number of likely N-dealkylation sites (N-methyl/N-ethyl adjacent to an activating group) is 1. The van der Waals surface area contributed by atoms with E-state index in [1.807, 2.05) is 92.4 Å². The molecule has 16 nitrogen and oxygen atoms in total. The van der Waals surface area contributed by atoms with E-state index in [-0.39, 0.29) is 18.5 Å². The lowest BCUT2D eigenvalue weighted by Gasteiger charge is -2.23. The van der Waals surface area contributed by atoms with Crippen molar-refractivity contribution < 1.29 is 4.74 Å². The molecular weight excluding hydrogens is 1490 g/mol. The molecule has 7 aromatic heterocycles. The Balaban J connectivity index is 0.00000131. The molecule has 3 aliphatic rings. The molecule has 121 heavy (non-hydrogen) atoms. The average Bonchev–Trinajstić information content (AvgIpc) is 1.09. The highest BCUT2D eigenvalue weighted by Crippen LogP contribution is 2.29. The number of rotatable bonds is 12. The average molecular weight is 1660 g/mol. The highest BCUT2D eigenvalue weighted by molar-refractivity contribution is 6.01. The van der Waals surface area contributed by atoms with Gasteiger partial charge in [0.15, 0.2) is 0 Å². The Hall–Kier alpha value is -9.02. The van der Waals surface area contributed by atoms with E-state index >= 15 is 0 Å². The van der Waals surface area contributed by atoms with Gasteiger partial charge in [-0.05, 0) is 303 Å². The van der Waals surface area contributed by atoms with Crippen LogP contribution in [0.15, 0.2) is 148 Å². The molecule has 2 aliphatic heterocycles. The predicted octanol–water partition coefficient (Wildman–Crippen LogP) is 26.8. The molecule has 0 bridgehead atoms. The fourth-order valence-corrected chi connectivity index (χ4v) is 13.0. The quantitative estimate of drug-likeness (QED) is 0.113. The van der Waals surface area contributed by atoms with Crippen LogP contribution >= 0.6 is 0 Å². The molecule has 0 radical (unpaired) electrons. The van der Waals surface area contributed by atoms with Crippen LogP contribution in [0.5, 0.6) is 0 Å². The lowest BCUT2D eigenvalue weighted by atomic mass is 9.92. The molecule has 8 aromatic rings. The van der Waals surface area contributed by atoms with E-state index in [2.05, 4.69) is 312 Å². The maximum Gasteiger partial charge on any atom is 0.266 e. The summed E-state index contributed by atoms with van der Waals surface area (Å²) in [5, 5.41) is 11.6. The molecule has 16 heteroatoms. The van der Waals surface area contributed by atoms with Crippen molar-refractivity contribution in [2.45, 2.75) is 355 Å². The monoisotopic (exact) mass is 1660 g/mol. The van der Waals surface area contributed by atoms with Crippen LogP contribution in [0, 0.1) is 102 Å². The third-order valence-electron chi connectivity index (χ3n) is 21.4. The van der Waals surface area contributed by atoms with Crippen molar-refractivity contribution in [2.24, 2.45) is 30.9 Å². The molecular formula is C105H167N13O3. The molecule has 0 atom stereocenters. The van der Waals surface area contributed by atoms with Crippen molar-refractivity contribution in [1.82, 2.24) is 59.3 Å². The summed E-state index contributed by atoms with van der Waals surface area (Å²) in [5.74, 6) is 7.16. The first-order valence-corrected chi connectivity index (χ1v) is 44.0. The van der Waals surface area contributed by atoms with Crippen LogP contribution in [0.4, 0.5) is 0 Å². The van der Waals surface area contributed by atoms with Gasteiger partial charge in [-0.2, -0.15) is 15.3 Å². The van der Waals surface area contributed by atoms with Crippen LogP contribution in [0.2, 0.25) is 0 Å². The molecule has 11 rings (SSSR count). The van der Waals surface area contributed by atoms with Crippen LogP contribution < -0.4 is 11.1 Å². The van der Waals surface area contributed by atoms with E-state index in [0.29, 0.717) is 71.4 Å². The Bertz CT molecular complexity index is 4540. The lowest BCUT2D eigenvalue weighted by Crippen LogP contribution is -2.20. The zero-order valence-electron chi connectivity index (χ0n) is 82.7. The first-order chi connectivity index (χ1) is 55.8. The molecule has 1 fully saturated rings. The molecule has 1 aromatic carbocycles. The Morgan fingerprint density at radius 1 is 0.446 bits per heavy atom. The summed E-state index contributed by atoms with van der Waals surface area (Å²) in [6.45, 7) is 83.6. The van der Waals surface area contributed by atoms with Crippen LogP contribution in [-0.2, 0) is 18.8 Å². The van der Waals surface area contributed by atoms with Gasteiger partial charge in [-0.3, -0.25) is 24.5 Å². The molecule has 0 unspecified atom stereocenters. The van der Waals surface area contributed by atoms with Gasteiger partial charge in [0.1, 0.15) is 11.6 Å². The van der Waals surface area contributed by atoms with Crippen molar-refractivity contribution in [3.63, 3.8) is 0 Å². The van der Waals surface area contributed by atoms with E-state index in [1.165, 1.54) is 132 Å². The maximum absolute atomic E-state index is 11.1. The van der Waals surface area contributed by atoms with E-state index in [0.717, 1.165) is 57.8 Å². The number of pyridine rings is 3. The largest absolute Gasteiger partial charge is 0.376 e. The SMILES string of the molecule is C.C=C1C=CC(C(C)C)=CN1C.CC(C)OC1CCCCC1.CC(C)c1ccn(C)c(=O)c1.CC(C)c1cnn(C)c(=O)c1.CC1=NCC(C)=C1C(C)C.Cc1cc(C(C)C)cnc1C.Cc1cc(C(C)C)cnn1.Cc1cc(C(C)C)nc(C)n1.Cc1ccc(C(C)C)c(C)c1C.Cc1nc(C)c(C)c(C(C)C)c1C.Cc1ncc(C(C)C)cn1. The second kappa shape index (κ2) is 56.6. The summed E-state index contributed by atoms with van der Waals surface area (Å²) in [6, 6.07) is 16.1. The summed E-state index contributed by atoms with van der Waals surface area (Å²) >= 11 is 0. The topological polar surface area (TPSA) is 185 Å². The van der Waals surface area contributed by atoms with Crippen LogP contribution in [0.3, 0.4) is 0 Å². The standard InChI is InChI=1S/C12H19N.C12H18.2C10H15N.C9H14N2.C9H13NO.C9H15N.C9H18O.C8H12N2O.2C8H12N2.CH4/c1-7(2)12-8(3)10(5)13-11(6)9(12)4;1-8(2)12-7-6-9(3)10(4)11(12)5;1-7(2)10-5-8(3)9(4)11-6-10;1-8(2)10-6-5-9(3)11(4)7-10;1-6(2)9-5-7(3)10-8(4)11-9;1-7(2)8-4-5-10(3)9(11)6-8;1-6(2)9-7(3)5-10-8(9)4;1-8(2)10-9-6-4-3-5-7-9;1-6(2)7-4-8(11)10(3)9-5-7;1-6(2)8-4-9-7(3)10-5-8;1-6(2)8-4-7(3)10-9-5-8;/h7H,1-6H3;6-8H,1-5H3;5-7H,1-4H3;5-8H,3H2,1-2,4H3;5-6H,1-4H3;4-7H,1-3H3;6H,5H2,1-4H3;8-9H,3-7H2,1-2H3;4-6H,1-3H3;2*4-6H,1-3H3;1H4. The normalized spacial score (nSPS) is 12.8. The summed E-state index contributed by atoms with van der Waals surface area (Å²) in [7, 11) is 5.42. The zero-order chi connectivity index (χ0) is 91.9. The van der Waals surface area contributed by atoms with Gasteiger partial charge in [0.25, 0.3) is 11.1 Å². The van der Waals surface area contributed by atoms with Crippen molar-refractivity contribution in [1.29, 1.82) is 0 Å². The first-order valence-electron chi connectivity index (χ1n) is 44.0. The van der Waals surface area contributed by atoms with Crippen molar-refractivity contribution in [3.05, 3.63) is 272 Å². The number of aliphatic imine (C=N–C) groups is 1. The van der Waals surface area contributed by atoms with E-state index in [1.54, 1.807) is 43.2 Å². The van der Waals surface area contributed by atoms with Gasteiger partial charge in [-0.15, -0.1) is 0 Å². The fourth-order valence-electron chi connectivity index (χ4n) is 13.0. The summed E-state index contributed by atoms with van der Waals surface area (Å²) < 4.78 is 8.59. The van der Waals surface area contributed by atoms with Gasteiger partial charge < -0.3 is 14.2 Å². The lowest BCUT2D eigenvalue weighted by molar-refractivity contribution is -0.0118. The van der Waals surface area contributed by atoms with E-state index in [4.69, 9.17) is 4.74 Å². The number of nitrogens with zero attached hydrogens (tertiary/aromatic N) is 13. The minimum Gasteiger partial charge on any atom is -0.376 e. The maximum atomic E-state index is 11.1. The van der Waals surface area contributed by atoms with Gasteiger partial charge >= 0.3 is 0 Å². The zero-order valence-corrected chi connectivity index (χ0v) is 82.7. The predicted molar refractivity (Wildman–Crippen MR) is 521 cm³/mol. The first kappa shape index (κ1) is 112. The van der Waals surface area contributed by atoms with Crippen LogP contribution in [0.25, 0.3) is 0 Å². The van der Waals surface area contributed by atoms with Gasteiger partial charge in [-0.1, -0.05) is 196 Å². The molecule has 1 aliphatic carbocycles. The number of hydrogen-bond donors (Lipinski definition) is 0. The third-order valence-corrected chi connectivity index (χ3v) is 21.4. The molecule has 0 saturated heterocycles. The Labute approximate surface area is 737 Å². The fraction of sp³-hybridized carbons (Fsp3) is 0.562. The Kier molecular flexibility index (Phi) is 52.4. The summed E-state index contributed by atoms with van der Waals surface area (Å²) in [5.41, 5.74) is 30.4. The second-order valence-corrected chi connectivity index (χ2v) is 35.8. The van der Waals surface area contributed by atoms with Gasteiger partial charge in [0, 0.05) is 104 Å². The van der Waals surface area contributed by atoms with Gasteiger partial charge in [0.2, 0.25) is 0 Å². The molecule has 9 heterocycles. The number of benzene rings is 1. The highest BCUT2D eigenvalue weighted by Gasteiger charge is 2.18. The molecule has 1 saturated carbocycles. The minimum atomic E-state index is -0.0452.